The fourth-order valence-corrected chi connectivity index (χ4v) is 4.14. The number of ether oxygens (including phenoxy) is 1. The smallest absolute Gasteiger partial charge is 0.119 e. The molecule has 1 saturated heterocycles. The van der Waals surface area contributed by atoms with Gasteiger partial charge in [-0.3, -0.25) is 9.80 Å². The normalized spacial score (nSPS) is 16.1. The van der Waals surface area contributed by atoms with E-state index < -0.39 is 6.10 Å². The van der Waals surface area contributed by atoms with Crippen LogP contribution in [0.4, 0.5) is 0 Å². The molecule has 1 fully saturated rings. The SMILES string of the molecule is N#CCc1ccc(OCC(O)CN2CCN(Cc3cccc4ccccc34)CC2)cc1. The van der Waals surface area contributed by atoms with Crippen molar-refractivity contribution in [1.82, 2.24) is 9.80 Å². The zero-order chi connectivity index (χ0) is 21.5. The summed E-state index contributed by atoms with van der Waals surface area (Å²) >= 11 is 0. The Morgan fingerprint density at radius 2 is 1.61 bits per heavy atom. The first kappa shape index (κ1) is 21.3. The third kappa shape index (κ3) is 5.83. The van der Waals surface area contributed by atoms with Crippen molar-refractivity contribution in [1.29, 1.82) is 5.26 Å². The number of β-amino-alcohol motifs (C(OH)–C–C–N with tert-alkyl or cyclic N) is 1. The summed E-state index contributed by atoms with van der Waals surface area (Å²) in [6, 6.07) is 24.7. The van der Waals surface area contributed by atoms with E-state index in [-0.39, 0.29) is 6.61 Å². The monoisotopic (exact) mass is 415 g/mol. The van der Waals surface area contributed by atoms with Crippen LogP contribution in [0.2, 0.25) is 0 Å². The van der Waals surface area contributed by atoms with Gasteiger partial charge in [0.05, 0.1) is 12.5 Å². The molecule has 0 saturated carbocycles. The van der Waals surface area contributed by atoms with Crippen molar-refractivity contribution in [2.75, 3.05) is 39.3 Å². The Labute approximate surface area is 184 Å². The first-order valence-electron chi connectivity index (χ1n) is 10.9. The van der Waals surface area contributed by atoms with Crippen molar-refractivity contribution in [3.8, 4) is 11.8 Å². The average Bonchev–Trinajstić information content (AvgIpc) is 2.80. The number of nitrogens with zero attached hydrogens (tertiary/aromatic N) is 3. The molecule has 1 N–H and O–H groups in total. The predicted octanol–water partition coefficient (Wildman–Crippen LogP) is 3.46. The number of nitriles is 1. The zero-order valence-corrected chi connectivity index (χ0v) is 17.8. The lowest BCUT2D eigenvalue weighted by molar-refractivity contribution is 0.0447. The molecule has 0 bridgehead atoms. The molecule has 0 aliphatic carbocycles. The van der Waals surface area contributed by atoms with Crippen molar-refractivity contribution in [3.63, 3.8) is 0 Å². The van der Waals surface area contributed by atoms with Crippen molar-refractivity contribution >= 4 is 10.8 Å². The molecule has 3 aromatic rings. The van der Waals surface area contributed by atoms with Crippen LogP contribution >= 0.6 is 0 Å². The highest BCUT2D eigenvalue weighted by Crippen LogP contribution is 2.20. The summed E-state index contributed by atoms with van der Waals surface area (Å²) in [6.07, 6.45) is -0.126. The van der Waals surface area contributed by atoms with Crippen LogP contribution in [0.1, 0.15) is 11.1 Å². The number of benzene rings is 3. The average molecular weight is 416 g/mol. The molecule has 3 aromatic carbocycles. The molecule has 0 amide bonds. The highest BCUT2D eigenvalue weighted by atomic mass is 16.5. The second-order valence-corrected chi connectivity index (χ2v) is 8.16. The molecule has 5 heteroatoms. The Kier molecular flexibility index (Phi) is 7.16. The van der Waals surface area contributed by atoms with Gasteiger partial charge in [0.15, 0.2) is 0 Å². The molecule has 0 radical (unpaired) electrons. The number of rotatable bonds is 8. The summed E-state index contributed by atoms with van der Waals surface area (Å²) in [7, 11) is 0. The van der Waals surface area contributed by atoms with Gasteiger partial charge in [-0.2, -0.15) is 5.26 Å². The fraction of sp³-hybridized carbons (Fsp3) is 0.346. The molecule has 31 heavy (non-hydrogen) atoms. The lowest BCUT2D eigenvalue weighted by atomic mass is 10.0. The van der Waals surface area contributed by atoms with Crippen LogP contribution in [0, 0.1) is 11.3 Å². The predicted molar refractivity (Wildman–Crippen MR) is 123 cm³/mol. The van der Waals surface area contributed by atoms with E-state index in [1.807, 2.05) is 24.3 Å². The fourth-order valence-electron chi connectivity index (χ4n) is 4.14. The molecule has 0 spiro atoms. The first-order chi connectivity index (χ1) is 15.2. The number of aliphatic hydroxyl groups is 1. The summed E-state index contributed by atoms with van der Waals surface area (Å²) in [5.74, 6) is 0.723. The molecular formula is C26H29N3O2. The molecule has 4 rings (SSSR count). The maximum Gasteiger partial charge on any atom is 0.119 e. The quantitative estimate of drug-likeness (QED) is 0.611. The maximum absolute atomic E-state index is 10.4. The van der Waals surface area contributed by atoms with Crippen molar-refractivity contribution in [2.45, 2.75) is 19.1 Å². The van der Waals surface area contributed by atoms with E-state index in [1.165, 1.54) is 16.3 Å². The van der Waals surface area contributed by atoms with E-state index in [9.17, 15) is 5.11 Å². The highest BCUT2D eigenvalue weighted by molar-refractivity contribution is 5.85. The van der Waals surface area contributed by atoms with Gasteiger partial charge in [0.25, 0.3) is 0 Å². The molecule has 1 unspecified atom stereocenters. The van der Waals surface area contributed by atoms with Crippen molar-refractivity contribution in [3.05, 3.63) is 77.9 Å². The van der Waals surface area contributed by atoms with Crippen LogP contribution < -0.4 is 4.74 Å². The minimum Gasteiger partial charge on any atom is -0.491 e. The van der Waals surface area contributed by atoms with Gasteiger partial charge in [0, 0.05) is 39.3 Å². The largest absolute Gasteiger partial charge is 0.491 e. The van der Waals surface area contributed by atoms with Crippen molar-refractivity contribution < 1.29 is 9.84 Å². The van der Waals surface area contributed by atoms with Crippen LogP contribution in [0.15, 0.2) is 66.7 Å². The maximum atomic E-state index is 10.4. The van der Waals surface area contributed by atoms with Gasteiger partial charge in [-0.25, -0.2) is 0 Å². The summed E-state index contributed by atoms with van der Waals surface area (Å²) in [5, 5.41) is 21.8. The Morgan fingerprint density at radius 3 is 2.39 bits per heavy atom. The Balaban J connectivity index is 1.21. The second-order valence-electron chi connectivity index (χ2n) is 8.16. The van der Waals surface area contributed by atoms with Crippen molar-refractivity contribution in [2.24, 2.45) is 0 Å². The van der Waals surface area contributed by atoms with E-state index in [4.69, 9.17) is 10.00 Å². The van der Waals surface area contributed by atoms with Gasteiger partial charge in [0.1, 0.15) is 18.5 Å². The Hall–Kier alpha value is -2.91. The van der Waals surface area contributed by atoms with Crippen LogP contribution in [-0.2, 0) is 13.0 Å². The third-order valence-corrected chi connectivity index (χ3v) is 5.86. The topological polar surface area (TPSA) is 59.7 Å². The Morgan fingerprint density at radius 1 is 0.903 bits per heavy atom. The summed E-state index contributed by atoms with van der Waals surface area (Å²) in [5.41, 5.74) is 2.34. The minimum atomic E-state index is -0.525. The van der Waals surface area contributed by atoms with E-state index in [0.29, 0.717) is 13.0 Å². The van der Waals surface area contributed by atoms with Gasteiger partial charge < -0.3 is 9.84 Å². The zero-order valence-electron chi connectivity index (χ0n) is 17.8. The minimum absolute atomic E-state index is 0.272. The van der Waals surface area contributed by atoms with Crippen LogP contribution in [0.25, 0.3) is 10.8 Å². The Bertz CT molecular complexity index is 1020. The molecule has 1 atom stereocenters. The summed E-state index contributed by atoms with van der Waals surface area (Å²) < 4.78 is 5.71. The van der Waals surface area contributed by atoms with Crippen LogP contribution in [-0.4, -0.2) is 60.3 Å². The number of fused-ring (bicyclic) bond motifs is 1. The third-order valence-electron chi connectivity index (χ3n) is 5.86. The standard InChI is InChI=1S/C26H29N3O2/c27-13-12-21-8-10-25(11-9-21)31-20-24(30)19-29-16-14-28(15-17-29)18-23-6-3-5-22-4-1-2-7-26(22)23/h1-11,24,30H,12,14-20H2. The van der Waals surface area contributed by atoms with E-state index in [1.54, 1.807) is 0 Å². The van der Waals surface area contributed by atoms with E-state index in [0.717, 1.165) is 44.0 Å². The van der Waals surface area contributed by atoms with Gasteiger partial charge in [-0.15, -0.1) is 0 Å². The lowest BCUT2D eigenvalue weighted by Crippen LogP contribution is -2.48. The lowest BCUT2D eigenvalue weighted by Gasteiger charge is -2.35. The highest BCUT2D eigenvalue weighted by Gasteiger charge is 2.20. The molecule has 0 aromatic heterocycles. The molecule has 1 aliphatic rings. The van der Waals surface area contributed by atoms with Crippen LogP contribution in [0.5, 0.6) is 5.75 Å². The van der Waals surface area contributed by atoms with Gasteiger partial charge in [-0.05, 0) is 34.0 Å². The molecule has 160 valence electrons. The molecule has 5 nitrogen and oxygen atoms in total. The number of hydrogen-bond acceptors (Lipinski definition) is 5. The van der Waals surface area contributed by atoms with Gasteiger partial charge in [-0.1, -0.05) is 54.6 Å². The number of aliphatic hydroxyl groups excluding tert-OH is 1. The first-order valence-corrected chi connectivity index (χ1v) is 10.9. The summed E-state index contributed by atoms with van der Waals surface area (Å²) in [6.45, 7) is 5.74. The van der Waals surface area contributed by atoms with E-state index in [2.05, 4.69) is 58.3 Å². The summed E-state index contributed by atoms with van der Waals surface area (Å²) in [4.78, 5) is 4.80. The van der Waals surface area contributed by atoms with Gasteiger partial charge >= 0.3 is 0 Å². The molecule has 1 aliphatic heterocycles. The molecular weight excluding hydrogens is 386 g/mol. The van der Waals surface area contributed by atoms with E-state index >= 15 is 0 Å². The van der Waals surface area contributed by atoms with Crippen LogP contribution in [0.3, 0.4) is 0 Å². The number of piperazine rings is 1. The number of hydrogen-bond donors (Lipinski definition) is 1. The molecule has 1 heterocycles. The second kappa shape index (κ2) is 10.4. The van der Waals surface area contributed by atoms with Gasteiger partial charge in [0.2, 0.25) is 0 Å².